The quantitative estimate of drug-likeness (QED) is 0.551. The number of likely N-dealkylation sites (N-methyl/N-ethyl adjacent to an activating group) is 1. The topological polar surface area (TPSA) is 64.4 Å². The number of hydrogen-bond acceptors (Lipinski definition) is 4. The van der Waals surface area contributed by atoms with Gasteiger partial charge in [0.2, 0.25) is 6.10 Å². The van der Waals surface area contributed by atoms with E-state index < -0.39 is 12.1 Å². The zero-order valence-corrected chi connectivity index (χ0v) is 17.8. The first-order chi connectivity index (χ1) is 14.5. The number of nitrogens with zero attached hydrogens (tertiary/aromatic N) is 3. The van der Waals surface area contributed by atoms with Crippen LogP contribution in [0.2, 0.25) is 0 Å². The summed E-state index contributed by atoms with van der Waals surface area (Å²) in [5.41, 5.74) is 3.12. The van der Waals surface area contributed by atoms with E-state index in [4.69, 9.17) is 4.74 Å². The second-order valence-corrected chi connectivity index (χ2v) is 7.00. The van der Waals surface area contributed by atoms with Gasteiger partial charge in [0.05, 0.1) is 17.1 Å². The van der Waals surface area contributed by atoms with Crippen molar-refractivity contribution in [2.75, 3.05) is 13.1 Å². The lowest BCUT2D eigenvalue weighted by Crippen LogP contribution is -2.36. The third-order valence-corrected chi connectivity index (χ3v) is 5.12. The van der Waals surface area contributed by atoms with Crippen molar-refractivity contribution >= 4 is 11.9 Å². The molecule has 6 heteroatoms. The lowest BCUT2D eigenvalue weighted by molar-refractivity contribution is -0.140. The average molecular weight is 405 g/mol. The summed E-state index contributed by atoms with van der Waals surface area (Å²) in [6.07, 6.45) is -1.00. The van der Waals surface area contributed by atoms with E-state index >= 15 is 0 Å². The number of rotatable bonds is 7. The van der Waals surface area contributed by atoms with Crippen LogP contribution in [0.3, 0.4) is 0 Å². The first-order valence-electron chi connectivity index (χ1n) is 10.1. The lowest BCUT2D eigenvalue weighted by Gasteiger charge is -2.25. The summed E-state index contributed by atoms with van der Waals surface area (Å²) >= 11 is 0. The van der Waals surface area contributed by atoms with Gasteiger partial charge in [0.25, 0.3) is 5.91 Å². The molecule has 3 rings (SSSR count). The highest BCUT2D eigenvalue weighted by molar-refractivity contribution is 5.94. The summed E-state index contributed by atoms with van der Waals surface area (Å²) in [4.78, 5) is 27.9. The van der Waals surface area contributed by atoms with E-state index in [0.717, 1.165) is 5.69 Å². The van der Waals surface area contributed by atoms with Gasteiger partial charge in [0.1, 0.15) is 5.56 Å². The highest BCUT2D eigenvalue weighted by atomic mass is 16.5. The Balaban J connectivity index is 1.95. The summed E-state index contributed by atoms with van der Waals surface area (Å²) in [6.45, 7) is 8.49. The third-order valence-electron chi connectivity index (χ3n) is 5.12. The Labute approximate surface area is 177 Å². The van der Waals surface area contributed by atoms with Gasteiger partial charge in [-0.1, -0.05) is 48.5 Å². The van der Waals surface area contributed by atoms with Crippen molar-refractivity contribution in [1.82, 2.24) is 14.7 Å². The molecule has 1 heterocycles. The monoisotopic (exact) mass is 405 g/mol. The Morgan fingerprint density at radius 3 is 2.10 bits per heavy atom. The van der Waals surface area contributed by atoms with Gasteiger partial charge in [-0.15, -0.1) is 0 Å². The first-order valence-corrected chi connectivity index (χ1v) is 10.1. The SMILES string of the molecule is CCN(CC)C(=O)[C@H](OC(=O)c1c(C)nn(-c2ccccc2)c1C)c1ccccc1. The third kappa shape index (κ3) is 4.27. The van der Waals surface area contributed by atoms with Gasteiger partial charge in [0.15, 0.2) is 0 Å². The Kier molecular flexibility index (Phi) is 6.67. The molecule has 0 fully saturated rings. The van der Waals surface area contributed by atoms with Gasteiger partial charge in [-0.2, -0.15) is 5.10 Å². The molecule has 0 N–H and O–H groups in total. The number of carbonyl (C=O) groups excluding carboxylic acids is 2. The van der Waals surface area contributed by atoms with E-state index in [9.17, 15) is 9.59 Å². The Hall–Kier alpha value is -3.41. The molecule has 2 aromatic carbocycles. The summed E-state index contributed by atoms with van der Waals surface area (Å²) in [5, 5.41) is 4.51. The van der Waals surface area contributed by atoms with Crippen LogP contribution in [-0.2, 0) is 9.53 Å². The Morgan fingerprint density at radius 2 is 1.53 bits per heavy atom. The van der Waals surface area contributed by atoms with Gasteiger partial charge < -0.3 is 9.64 Å². The molecule has 1 amide bonds. The van der Waals surface area contributed by atoms with Crippen molar-refractivity contribution in [1.29, 1.82) is 0 Å². The zero-order valence-electron chi connectivity index (χ0n) is 17.8. The largest absolute Gasteiger partial charge is 0.444 e. The molecule has 0 aliphatic heterocycles. The number of benzene rings is 2. The van der Waals surface area contributed by atoms with E-state index in [1.807, 2.05) is 69.3 Å². The number of ether oxygens (including phenoxy) is 1. The van der Waals surface area contributed by atoms with Gasteiger partial charge in [0, 0.05) is 18.7 Å². The van der Waals surface area contributed by atoms with Crippen molar-refractivity contribution in [3.8, 4) is 5.69 Å². The fourth-order valence-electron chi connectivity index (χ4n) is 3.51. The van der Waals surface area contributed by atoms with Gasteiger partial charge >= 0.3 is 5.97 Å². The maximum absolute atomic E-state index is 13.2. The summed E-state index contributed by atoms with van der Waals surface area (Å²) in [6, 6.07) is 18.7. The molecule has 30 heavy (non-hydrogen) atoms. The van der Waals surface area contributed by atoms with Gasteiger partial charge in [-0.3, -0.25) is 4.79 Å². The van der Waals surface area contributed by atoms with E-state index in [-0.39, 0.29) is 5.91 Å². The van der Waals surface area contributed by atoms with Crippen molar-refractivity contribution in [3.63, 3.8) is 0 Å². The van der Waals surface area contributed by atoms with Crippen molar-refractivity contribution in [2.45, 2.75) is 33.8 Å². The molecule has 0 bridgehead atoms. The summed E-state index contributed by atoms with van der Waals surface area (Å²) in [5.74, 6) is -0.785. The van der Waals surface area contributed by atoms with Crippen LogP contribution in [-0.4, -0.2) is 39.6 Å². The van der Waals surface area contributed by atoms with Crippen LogP contribution in [0.5, 0.6) is 0 Å². The standard InChI is InChI=1S/C24H27N3O3/c1-5-26(6-2)23(28)22(19-13-9-7-10-14-19)30-24(29)21-17(3)25-27(18(21)4)20-15-11-8-12-16-20/h7-16,22H,5-6H2,1-4H3/t22-/m1/s1. The first kappa shape index (κ1) is 21.3. The molecule has 1 aromatic heterocycles. The van der Waals surface area contributed by atoms with Crippen LogP contribution in [0.4, 0.5) is 0 Å². The number of carbonyl (C=O) groups is 2. The summed E-state index contributed by atoms with van der Waals surface area (Å²) in [7, 11) is 0. The lowest BCUT2D eigenvalue weighted by atomic mass is 10.1. The maximum atomic E-state index is 13.2. The molecule has 1 atom stereocenters. The normalized spacial score (nSPS) is 11.7. The Morgan fingerprint density at radius 1 is 0.967 bits per heavy atom. The van der Waals surface area contributed by atoms with E-state index in [0.29, 0.717) is 35.6 Å². The number of aryl methyl sites for hydroxylation is 1. The van der Waals surface area contributed by atoms with Crippen LogP contribution in [0.15, 0.2) is 60.7 Å². The van der Waals surface area contributed by atoms with Crippen LogP contribution >= 0.6 is 0 Å². The number of hydrogen-bond donors (Lipinski definition) is 0. The molecular weight excluding hydrogens is 378 g/mol. The molecule has 0 aliphatic carbocycles. The highest BCUT2D eigenvalue weighted by Gasteiger charge is 2.31. The average Bonchev–Trinajstić information content (AvgIpc) is 3.07. The van der Waals surface area contributed by atoms with Crippen LogP contribution in [0.1, 0.15) is 47.3 Å². The van der Waals surface area contributed by atoms with E-state index in [2.05, 4.69) is 5.10 Å². The predicted molar refractivity (Wildman–Crippen MR) is 116 cm³/mol. The van der Waals surface area contributed by atoms with Crippen molar-refractivity contribution < 1.29 is 14.3 Å². The predicted octanol–water partition coefficient (Wildman–Crippen LogP) is 4.26. The van der Waals surface area contributed by atoms with Crippen LogP contribution in [0, 0.1) is 13.8 Å². The second-order valence-electron chi connectivity index (χ2n) is 7.00. The van der Waals surface area contributed by atoms with Crippen molar-refractivity contribution in [2.24, 2.45) is 0 Å². The molecular formula is C24H27N3O3. The second kappa shape index (κ2) is 9.39. The summed E-state index contributed by atoms with van der Waals surface area (Å²) < 4.78 is 7.51. The molecule has 3 aromatic rings. The minimum atomic E-state index is -1.00. The number of amides is 1. The Bertz CT molecular complexity index is 1010. The molecule has 0 radical (unpaired) electrons. The minimum Gasteiger partial charge on any atom is -0.444 e. The highest BCUT2D eigenvalue weighted by Crippen LogP contribution is 2.25. The minimum absolute atomic E-state index is 0.231. The smallest absolute Gasteiger partial charge is 0.343 e. The fourth-order valence-corrected chi connectivity index (χ4v) is 3.51. The van der Waals surface area contributed by atoms with Crippen LogP contribution in [0.25, 0.3) is 5.69 Å². The number of esters is 1. The maximum Gasteiger partial charge on any atom is 0.343 e. The fraction of sp³-hybridized carbons (Fsp3) is 0.292. The van der Waals surface area contributed by atoms with E-state index in [1.54, 1.807) is 28.6 Å². The number of aromatic nitrogens is 2. The molecule has 0 aliphatic rings. The van der Waals surface area contributed by atoms with Crippen molar-refractivity contribution in [3.05, 3.63) is 83.2 Å². The molecule has 0 saturated heterocycles. The molecule has 0 spiro atoms. The van der Waals surface area contributed by atoms with Gasteiger partial charge in [-0.05, 0) is 39.8 Å². The zero-order chi connectivity index (χ0) is 21.7. The molecule has 0 saturated carbocycles. The molecule has 0 unspecified atom stereocenters. The number of para-hydroxylation sites is 1. The van der Waals surface area contributed by atoms with Gasteiger partial charge in [-0.25, -0.2) is 9.48 Å². The molecule has 156 valence electrons. The van der Waals surface area contributed by atoms with Crippen LogP contribution < -0.4 is 0 Å². The molecule has 6 nitrogen and oxygen atoms in total. The van der Waals surface area contributed by atoms with E-state index in [1.165, 1.54) is 0 Å².